The molecule has 0 aromatic heterocycles. The summed E-state index contributed by atoms with van der Waals surface area (Å²) in [6.45, 7) is 3.33. The Kier molecular flexibility index (Phi) is 11.3. The lowest BCUT2D eigenvalue weighted by atomic mass is 10.1. The molecule has 1 atom stereocenters. The third-order valence-corrected chi connectivity index (χ3v) is 4.67. The smallest absolute Gasteiger partial charge is 0.257 e. The van der Waals surface area contributed by atoms with Gasteiger partial charge in [0.25, 0.3) is 5.91 Å². The lowest BCUT2D eigenvalue weighted by Gasteiger charge is -2.27. The minimum atomic E-state index is -0.422. The van der Waals surface area contributed by atoms with Crippen molar-refractivity contribution < 1.29 is 15.1 Å². The highest BCUT2D eigenvalue weighted by atomic mass is 35.5. The van der Waals surface area contributed by atoms with Gasteiger partial charge in [-0.1, -0.05) is 23.7 Å². The van der Waals surface area contributed by atoms with Gasteiger partial charge in [0.15, 0.2) is 0 Å². The molecule has 1 unspecified atom stereocenters. The van der Waals surface area contributed by atoms with E-state index in [4.69, 9.17) is 11.6 Å². The van der Waals surface area contributed by atoms with Crippen LogP contribution in [0.25, 0.3) is 0 Å². The van der Waals surface area contributed by atoms with Gasteiger partial charge in [-0.25, -0.2) is 0 Å². The standard InChI is InChI=1S/C20H23ClN4O2.2ClH.H2O/c1-13(22-10-11-24(2)3)20(27)25-17-7-5-4-6-15(17)19(26)23-16-12-14(21)8-9-18(16)25;;;/h4-9,12-13,22H,10-11H2,1-3H3,(H,23,26);2*1H;1H2. The largest absolute Gasteiger partial charge is 0.412 e. The van der Waals surface area contributed by atoms with Crippen molar-refractivity contribution in [3.8, 4) is 0 Å². The molecule has 2 aromatic carbocycles. The van der Waals surface area contributed by atoms with Crippen molar-refractivity contribution in [2.24, 2.45) is 0 Å². The highest BCUT2D eigenvalue weighted by Crippen LogP contribution is 2.39. The maximum Gasteiger partial charge on any atom is 0.257 e. The van der Waals surface area contributed by atoms with Gasteiger partial charge in [-0.2, -0.15) is 0 Å². The summed E-state index contributed by atoms with van der Waals surface area (Å²) in [6.07, 6.45) is 0. The average Bonchev–Trinajstić information content (AvgIpc) is 2.74. The minimum absolute atomic E-state index is 0. The van der Waals surface area contributed by atoms with Crippen LogP contribution in [0.1, 0.15) is 17.3 Å². The number of carbonyl (C=O) groups excluding carboxylic acids is 2. The molecule has 0 spiro atoms. The molecule has 30 heavy (non-hydrogen) atoms. The molecular formula is C20H27Cl3N4O3. The lowest BCUT2D eigenvalue weighted by Crippen LogP contribution is -2.45. The van der Waals surface area contributed by atoms with Gasteiger partial charge in [-0.3, -0.25) is 14.5 Å². The van der Waals surface area contributed by atoms with E-state index in [0.29, 0.717) is 34.2 Å². The molecule has 1 heterocycles. The van der Waals surface area contributed by atoms with Crippen LogP contribution >= 0.6 is 36.4 Å². The topological polar surface area (TPSA) is 96.2 Å². The Balaban J connectivity index is 0.00000280. The number of carbonyl (C=O) groups is 2. The van der Waals surface area contributed by atoms with Crippen LogP contribution < -0.4 is 15.5 Å². The van der Waals surface area contributed by atoms with Gasteiger partial charge >= 0.3 is 0 Å². The quantitative estimate of drug-likeness (QED) is 0.691. The molecule has 166 valence electrons. The Morgan fingerprint density at radius 3 is 2.50 bits per heavy atom. The molecule has 1 aliphatic heterocycles. The Morgan fingerprint density at radius 2 is 1.83 bits per heavy atom. The van der Waals surface area contributed by atoms with Gasteiger partial charge in [0.05, 0.1) is 28.7 Å². The predicted molar refractivity (Wildman–Crippen MR) is 127 cm³/mol. The first-order valence-corrected chi connectivity index (χ1v) is 9.18. The number of hydrogen-bond acceptors (Lipinski definition) is 4. The number of nitrogens with one attached hydrogen (secondary N) is 2. The number of anilines is 3. The molecule has 0 bridgehead atoms. The lowest BCUT2D eigenvalue weighted by molar-refractivity contribution is -0.119. The van der Waals surface area contributed by atoms with Crippen LogP contribution in [-0.2, 0) is 4.79 Å². The summed E-state index contributed by atoms with van der Waals surface area (Å²) in [5.41, 5.74) is 2.11. The normalized spacial score (nSPS) is 12.8. The molecule has 4 N–H and O–H groups in total. The zero-order valence-corrected chi connectivity index (χ0v) is 19.3. The summed E-state index contributed by atoms with van der Waals surface area (Å²) in [7, 11) is 3.97. The van der Waals surface area contributed by atoms with E-state index in [9.17, 15) is 9.59 Å². The molecule has 2 amide bonds. The fraction of sp³-hybridized carbons (Fsp3) is 0.300. The van der Waals surface area contributed by atoms with Crippen molar-refractivity contribution in [3.05, 3.63) is 53.1 Å². The third kappa shape index (κ3) is 6.07. The molecule has 0 radical (unpaired) electrons. The van der Waals surface area contributed by atoms with E-state index in [1.807, 2.05) is 32.0 Å². The van der Waals surface area contributed by atoms with Crippen molar-refractivity contribution >= 4 is 65.3 Å². The summed E-state index contributed by atoms with van der Waals surface area (Å²) in [5.74, 6) is -0.404. The van der Waals surface area contributed by atoms with Crippen LogP contribution in [-0.4, -0.2) is 55.4 Å². The van der Waals surface area contributed by atoms with Crippen LogP contribution in [0, 0.1) is 0 Å². The Bertz CT molecular complexity index is 880. The van der Waals surface area contributed by atoms with E-state index >= 15 is 0 Å². The Hall–Kier alpha value is -1.87. The van der Waals surface area contributed by atoms with Gasteiger partial charge in [0.1, 0.15) is 0 Å². The fourth-order valence-corrected chi connectivity index (χ4v) is 3.18. The molecule has 7 nitrogen and oxygen atoms in total. The van der Waals surface area contributed by atoms with E-state index in [1.165, 1.54) is 0 Å². The van der Waals surface area contributed by atoms with Crippen molar-refractivity contribution in [2.75, 3.05) is 37.4 Å². The highest BCUT2D eigenvalue weighted by Gasteiger charge is 2.31. The maximum atomic E-state index is 13.3. The molecule has 0 saturated heterocycles. The molecule has 3 rings (SSSR count). The summed E-state index contributed by atoms with van der Waals surface area (Å²) >= 11 is 6.11. The minimum Gasteiger partial charge on any atom is -0.412 e. The molecular weight excluding hydrogens is 451 g/mol. The first-order valence-electron chi connectivity index (χ1n) is 8.80. The van der Waals surface area contributed by atoms with E-state index < -0.39 is 6.04 Å². The van der Waals surface area contributed by atoms with Gasteiger partial charge < -0.3 is 21.0 Å². The Morgan fingerprint density at radius 1 is 1.17 bits per heavy atom. The summed E-state index contributed by atoms with van der Waals surface area (Å²) in [4.78, 5) is 29.6. The summed E-state index contributed by atoms with van der Waals surface area (Å²) in [5, 5.41) is 6.60. The molecule has 0 aliphatic carbocycles. The monoisotopic (exact) mass is 476 g/mol. The van der Waals surface area contributed by atoms with E-state index in [0.717, 1.165) is 6.54 Å². The molecule has 1 aliphatic rings. The van der Waals surface area contributed by atoms with Gasteiger partial charge in [0, 0.05) is 18.1 Å². The van der Waals surface area contributed by atoms with Gasteiger partial charge in [0.2, 0.25) is 5.91 Å². The number of hydrogen-bond donors (Lipinski definition) is 2. The number of amides is 2. The first kappa shape index (κ1) is 28.1. The van der Waals surface area contributed by atoms with Crippen molar-refractivity contribution in [2.45, 2.75) is 13.0 Å². The zero-order chi connectivity index (χ0) is 19.6. The second-order valence-electron chi connectivity index (χ2n) is 6.79. The Labute approximate surface area is 193 Å². The zero-order valence-electron chi connectivity index (χ0n) is 16.9. The molecule has 0 fully saturated rings. The summed E-state index contributed by atoms with van der Waals surface area (Å²) < 4.78 is 0. The van der Waals surface area contributed by atoms with E-state index in [1.54, 1.807) is 41.3 Å². The number of nitrogens with zero attached hydrogens (tertiary/aromatic N) is 2. The van der Waals surface area contributed by atoms with Crippen LogP contribution in [0.4, 0.5) is 17.1 Å². The SMILES string of the molecule is CC(NCCN(C)C)C(=O)N1c2ccc(Cl)cc2NC(=O)c2ccccc21.Cl.Cl.O. The molecule has 0 saturated carbocycles. The van der Waals surface area contributed by atoms with Crippen LogP contribution in [0.2, 0.25) is 5.02 Å². The second kappa shape index (κ2) is 12.1. The van der Waals surface area contributed by atoms with Crippen molar-refractivity contribution in [3.63, 3.8) is 0 Å². The fourth-order valence-electron chi connectivity index (χ4n) is 3.01. The van der Waals surface area contributed by atoms with Crippen molar-refractivity contribution in [1.82, 2.24) is 10.2 Å². The van der Waals surface area contributed by atoms with Crippen molar-refractivity contribution in [1.29, 1.82) is 0 Å². The average molecular weight is 478 g/mol. The van der Waals surface area contributed by atoms with Crippen LogP contribution in [0.5, 0.6) is 0 Å². The summed E-state index contributed by atoms with van der Waals surface area (Å²) in [6, 6.07) is 11.8. The van der Waals surface area contributed by atoms with Crippen LogP contribution in [0.15, 0.2) is 42.5 Å². The maximum absolute atomic E-state index is 13.3. The van der Waals surface area contributed by atoms with Gasteiger partial charge in [-0.05, 0) is 51.4 Å². The first-order chi connectivity index (χ1) is 12.9. The highest BCUT2D eigenvalue weighted by molar-refractivity contribution is 6.31. The number of para-hydroxylation sites is 1. The van der Waals surface area contributed by atoms with Crippen LogP contribution in [0.3, 0.4) is 0 Å². The predicted octanol–water partition coefficient (Wildman–Crippen LogP) is 3.13. The molecule has 10 heteroatoms. The third-order valence-electron chi connectivity index (χ3n) is 4.44. The number of halogens is 3. The number of likely N-dealkylation sites (N-methyl/N-ethyl adjacent to an activating group) is 1. The molecule has 2 aromatic rings. The second-order valence-corrected chi connectivity index (χ2v) is 7.22. The number of benzene rings is 2. The number of rotatable bonds is 5. The van der Waals surface area contributed by atoms with Gasteiger partial charge in [-0.15, -0.1) is 24.8 Å². The van der Waals surface area contributed by atoms with E-state index in [2.05, 4.69) is 10.6 Å². The number of fused-ring (bicyclic) bond motifs is 2. The van der Waals surface area contributed by atoms with E-state index in [-0.39, 0.29) is 42.1 Å².